The van der Waals surface area contributed by atoms with Gasteiger partial charge in [-0.1, -0.05) is 92.8 Å². The third kappa shape index (κ3) is 6.53. The zero-order valence-corrected chi connectivity index (χ0v) is 21.4. The first-order chi connectivity index (χ1) is 14.7. The van der Waals surface area contributed by atoms with Crippen LogP contribution in [0.15, 0.2) is 36.4 Å². The van der Waals surface area contributed by atoms with E-state index in [2.05, 4.69) is 53.7 Å². The lowest BCUT2D eigenvalue weighted by molar-refractivity contribution is 0.0493. The van der Waals surface area contributed by atoms with Crippen LogP contribution >= 0.6 is 8.58 Å². The maximum Gasteiger partial charge on any atom is 0.188 e. The van der Waals surface area contributed by atoms with Gasteiger partial charge in [0.25, 0.3) is 0 Å². The van der Waals surface area contributed by atoms with Crippen LogP contribution < -0.4 is 10.0 Å². The lowest BCUT2D eigenvalue weighted by atomic mass is 9.80. The Balaban J connectivity index is 2.71. The number of ether oxygens (including phenoxy) is 2. The number of halogens is 1. The second kappa shape index (κ2) is 11.4. The van der Waals surface area contributed by atoms with E-state index < -0.39 is 0 Å². The van der Waals surface area contributed by atoms with E-state index in [0.717, 1.165) is 42.3 Å². The lowest BCUT2D eigenvalue weighted by Crippen LogP contribution is -2.26. The fourth-order valence-corrected chi connectivity index (χ4v) is 5.79. The summed E-state index contributed by atoms with van der Waals surface area (Å²) >= 11 is 0. The zero-order chi connectivity index (χ0) is 23.1. The molecule has 0 bridgehead atoms. The second-order valence-electron chi connectivity index (χ2n) is 9.47. The fourth-order valence-electron chi connectivity index (χ4n) is 4.09. The van der Waals surface area contributed by atoms with E-state index in [1.54, 1.807) is 19.2 Å². The van der Waals surface area contributed by atoms with Crippen molar-refractivity contribution in [3.8, 4) is 5.75 Å². The van der Waals surface area contributed by atoms with Gasteiger partial charge >= 0.3 is 0 Å². The van der Waals surface area contributed by atoms with Crippen molar-refractivity contribution in [2.24, 2.45) is 0 Å². The topological polar surface area (TPSA) is 18.5 Å². The van der Waals surface area contributed by atoms with Crippen LogP contribution in [0.5, 0.6) is 5.75 Å². The number of aryl methyl sites for hydroxylation is 1. The SMILES string of the molecule is CCCCCC(CC)(Pc1ccccc1F)c1cc(C(C)(C)C)cc(C)c1OCOC. The van der Waals surface area contributed by atoms with Gasteiger partial charge in [0.1, 0.15) is 11.6 Å². The van der Waals surface area contributed by atoms with E-state index >= 15 is 0 Å². The number of hydrogen-bond donors (Lipinski definition) is 0. The molecule has 0 aromatic heterocycles. The highest BCUT2D eigenvalue weighted by Gasteiger charge is 2.36. The summed E-state index contributed by atoms with van der Waals surface area (Å²) in [5.74, 6) is 0.786. The lowest BCUT2D eigenvalue weighted by Gasteiger charge is -2.37. The quantitative estimate of drug-likeness (QED) is 0.201. The van der Waals surface area contributed by atoms with Gasteiger partial charge in [0.15, 0.2) is 6.79 Å². The average molecular weight is 447 g/mol. The summed E-state index contributed by atoms with van der Waals surface area (Å²) in [5.41, 5.74) is 3.63. The Morgan fingerprint density at radius 3 is 2.32 bits per heavy atom. The largest absolute Gasteiger partial charge is 0.467 e. The summed E-state index contributed by atoms with van der Waals surface area (Å²) in [6.45, 7) is 13.5. The molecule has 2 nitrogen and oxygen atoms in total. The normalized spacial score (nSPS) is 14.2. The molecule has 0 amide bonds. The maximum absolute atomic E-state index is 14.8. The van der Waals surface area contributed by atoms with E-state index in [1.807, 2.05) is 12.1 Å². The fraction of sp³-hybridized carbons (Fsp3) is 0.556. The third-order valence-electron chi connectivity index (χ3n) is 6.04. The summed E-state index contributed by atoms with van der Waals surface area (Å²) in [7, 11) is 1.98. The molecule has 2 rings (SSSR count). The first kappa shape index (κ1) is 25.8. The Bertz CT molecular complexity index is 844. The number of benzene rings is 2. The molecule has 2 aromatic rings. The maximum atomic E-state index is 14.8. The van der Waals surface area contributed by atoms with Crippen LogP contribution in [-0.2, 0) is 15.3 Å². The Labute approximate surface area is 190 Å². The summed E-state index contributed by atoms with van der Waals surface area (Å²) in [5, 5.41) is 0.629. The molecule has 2 aromatic carbocycles. The molecule has 0 N–H and O–H groups in total. The number of methoxy groups -OCH3 is 1. The molecule has 0 radical (unpaired) electrons. The summed E-state index contributed by atoms with van der Waals surface area (Å²) < 4.78 is 26.2. The van der Waals surface area contributed by atoms with Crippen LogP contribution in [0, 0.1) is 12.7 Å². The Morgan fingerprint density at radius 1 is 1.03 bits per heavy atom. The molecule has 0 saturated carbocycles. The first-order valence-corrected chi connectivity index (χ1v) is 12.5. The zero-order valence-electron chi connectivity index (χ0n) is 20.4. The molecular formula is C27H40FO2P. The number of hydrogen-bond acceptors (Lipinski definition) is 2. The monoisotopic (exact) mass is 446 g/mol. The van der Waals surface area contributed by atoms with Crippen molar-refractivity contribution in [1.29, 1.82) is 0 Å². The number of rotatable bonds is 11. The Kier molecular flexibility index (Phi) is 9.52. The van der Waals surface area contributed by atoms with Crippen LogP contribution in [0.2, 0.25) is 0 Å². The predicted molar refractivity (Wildman–Crippen MR) is 133 cm³/mol. The van der Waals surface area contributed by atoms with Gasteiger partial charge in [0.05, 0.1) is 0 Å². The van der Waals surface area contributed by atoms with Crippen LogP contribution in [0.1, 0.15) is 83.4 Å². The molecule has 0 saturated heterocycles. The molecule has 4 heteroatoms. The molecular weight excluding hydrogens is 406 g/mol. The minimum Gasteiger partial charge on any atom is -0.467 e. The Morgan fingerprint density at radius 2 is 1.74 bits per heavy atom. The van der Waals surface area contributed by atoms with Gasteiger partial charge in [-0.3, -0.25) is 0 Å². The molecule has 31 heavy (non-hydrogen) atoms. The third-order valence-corrected chi connectivity index (χ3v) is 8.06. The second-order valence-corrected chi connectivity index (χ2v) is 11.2. The molecule has 0 aliphatic carbocycles. The minimum atomic E-state index is -0.174. The van der Waals surface area contributed by atoms with Crippen molar-refractivity contribution < 1.29 is 13.9 Å². The summed E-state index contributed by atoms with van der Waals surface area (Å²) in [6.07, 6.45) is 5.40. The Hall–Kier alpha value is -1.44. The molecule has 2 unspecified atom stereocenters. The molecule has 2 atom stereocenters. The van der Waals surface area contributed by atoms with Gasteiger partial charge in [0, 0.05) is 23.1 Å². The first-order valence-electron chi connectivity index (χ1n) is 11.5. The highest BCUT2D eigenvalue weighted by Crippen LogP contribution is 2.53. The van der Waals surface area contributed by atoms with Crippen molar-refractivity contribution in [2.75, 3.05) is 13.9 Å². The smallest absolute Gasteiger partial charge is 0.188 e. The highest BCUT2D eigenvalue weighted by molar-refractivity contribution is 7.48. The molecule has 0 aliphatic rings. The number of unbranched alkanes of at least 4 members (excludes halogenated alkanes) is 2. The van der Waals surface area contributed by atoms with Crippen LogP contribution in [0.4, 0.5) is 4.39 Å². The summed E-state index contributed by atoms with van der Waals surface area (Å²) in [4.78, 5) is 0. The van der Waals surface area contributed by atoms with Gasteiger partial charge in [-0.05, 0) is 42.4 Å². The van der Waals surface area contributed by atoms with Crippen molar-refractivity contribution in [1.82, 2.24) is 0 Å². The van der Waals surface area contributed by atoms with Gasteiger partial charge in [-0.15, -0.1) is 0 Å². The van der Waals surface area contributed by atoms with Gasteiger partial charge in [0.2, 0.25) is 0 Å². The van der Waals surface area contributed by atoms with E-state index in [-0.39, 0.29) is 23.2 Å². The average Bonchev–Trinajstić information content (AvgIpc) is 2.72. The summed E-state index contributed by atoms with van der Waals surface area (Å²) in [6, 6.07) is 11.8. The standard InChI is InChI=1S/C27H40FO2P/c1-8-10-13-16-27(9-2,31-24-15-12-11-14-23(24)28)22-18-21(26(4,5)6)17-20(3)25(22)30-19-29-7/h11-12,14-15,17-18,31H,8-10,13,16,19H2,1-7H3. The van der Waals surface area contributed by atoms with Crippen molar-refractivity contribution >= 4 is 13.9 Å². The van der Waals surface area contributed by atoms with Crippen molar-refractivity contribution in [3.05, 3.63) is 58.9 Å². The molecule has 0 aliphatic heterocycles. The predicted octanol–water partition coefficient (Wildman–Crippen LogP) is 7.60. The van der Waals surface area contributed by atoms with Crippen molar-refractivity contribution in [2.45, 2.75) is 84.2 Å². The van der Waals surface area contributed by atoms with E-state index in [4.69, 9.17) is 9.47 Å². The van der Waals surface area contributed by atoms with E-state index in [0.29, 0.717) is 8.58 Å². The minimum absolute atomic E-state index is 0.0172. The van der Waals surface area contributed by atoms with Crippen molar-refractivity contribution in [3.63, 3.8) is 0 Å². The van der Waals surface area contributed by atoms with E-state index in [9.17, 15) is 4.39 Å². The van der Waals surface area contributed by atoms with Crippen LogP contribution in [0.25, 0.3) is 0 Å². The van der Waals surface area contributed by atoms with Gasteiger partial charge in [-0.2, -0.15) is 0 Å². The molecule has 0 spiro atoms. The van der Waals surface area contributed by atoms with Crippen LogP contribution in [-0.4, -0.2) is 13.9 Å². The molecule has 172 valence electrons. The van der Waals surface area contributed by atoms with Crippen LogP contribution in [0.3, 0.4) is 0 Å². The van der Waals surface area contributed by atoms with E-state index in [1.165, 1.54) is 17.5 Å². The molecule has 0 fully saturated rings. The van der Waals surface area contributed by atoms with Gasteiger partial charge < -0.3 is 9.47 Å². The molecule has 0 heterocycles. The van der Waals surface area contributed by atoms with Gasteiger partial charge in [-0.25, -0.2) is 4.39 Å². The highest BCUT2D eigenvalue weighted by atomic mass is 31.1.